The van der Waals surface area contributed by atoms with Crippen molar-refractivity contribution in [3.05, 3.63) is 10.9 Å². The number of nitrogens with two attached hydrogens (primary N) is 1. The van der Waals surface area contributed by atoms with Crippen molar-refractivity contribution >= 4 is 39.3 Å². The Hall–Kier alpha value is -1.89. The van der Waals surface area contributed by atoms with E-state index >= 15 is 0 Å². The van der Waals surface area contributed by atoms with Gasteiger partial charge in [0, 0.05) is 13.1 Å². The first-order valence-corrected chi connectivity index (χ1v) is 6.91. The smallest absolute Gasteiger partial charge is 0.348 e. The van der Waals surface area contributed by atoms with Crippen LogP contribution < -0.4 is 10.6 Å². The molecule has 3 rings (SSSR count). The fourth-order valence-electron chi connectivity index (χ4n) is 2.29. The molecule has 0 amide bonds. The molecule has 0 aromatic carbocycles. The second-order valence-electron chi connectivity index (χ2n) is 4.42. The van der Waals surface area contributed by atoms with E-state index in [0.29, 0.717) is 4.88 Å². The molecule has 7 heteroatoms. The van der Waals surface area contributed by atoms with Crippen LogP contribution in [0.4, 0.5) is 11.8 Å². The maximum Gasteiger partial charge on any atom is 0.348 e. The first kappa shape index (κ1) is 12.2. The third-order valence-corrected chi connectivity index (χ3v) is 4.19. The van der Waals surface area contributed by atoms with Crippen LogP contribution in [0.15, 0.2) is 6.07 Å². The minimum Gasteiger partial charge on any atom is -0.465 e. The molecule has 1 aliphatic rings. The van der Waals surface area contributed by atoms with Gasteiger partial charge < -0.3 is 15.4 Å². The van der Waals surface area contributed by atoms with Gasteiger partial charge in [-0.1, -0.05) is 0 Å². The molecule has 100 valence electrons. The molecule has 0 spiro atoms. The minimum atomic E-state index is -0.353. The van der Waals surface area contributed by atoms with Gasteiger partial charge in [0.15, 0.2) is 0 Å². The van der Waals surface area contributed by atoms with E-state index in [9.17, 15) is 4.79 Å². The molecule has 0 atom stereocenters. The van der Waals surface area contributed by atoms with Crippen LogP contribution in [0.1, 0.15) is 22.5 Å². The molecule has 0 saturated carbocycles. The minimum absolute atomic E-state index is 0.243. The number of carbonyl (C=O) groups excluding carboxylic acids is 1. The first-order chi connectivity index (χ1) is 9.19. The Bertz CT molecular complexity index is 634. The number of nitrogens with zero attached hydrogens (tertiary/aromatic N) is 3. The lowest BCUT2D eigenvalue weighted by Gasteiger charge is -2.17. The van der Waals surface area contributed by atoms with Crippen molar-refractivity contribution in [1.82, 2.24) is 9.97 Å². The summed E-state index contributed by atoms with van der Waals surface area (Å²) in [6.07, 6.45) is 2.30. The average molecular weight is 278 g/mol. The van der Waals surface area contributed by atoms with Crippen LogP contribution in [-0.2, 0) is 4.74 Å². The molecule has 0 radical (unpaired) electrons. The number of aromatic nitrogens is 2. The molecule has 19 heavy (non-hydrogen) atoms. The Morgan fingerprint density at radius 3 is 2.84 bits per heavy atom. The number of thiophene rings is 1. The van der Waals surface area contributed by atoms with Crippen molar-refractivity contribution in [1.29, 1.82) is 0 Å². The van der Waals surface area contributed by atoms with Crippen molar-refractivity contribution in [3.63, 3.8) is 0 Å². The summed E-state index contributed by atoms with van der Waals surface area (Å²) in [6.45, 7) is 1.93. The predicted molar refractivity (Wildman–Crippen MR) is 74.6 cm³/mol. The molecular formula is C12H14N4O2S. The molecule has 3 heterocycles. The largest absolute Gasteiger partial charge is 0.465 e. The molecule has 1 aliphatic heterocycles. The van der Waals surface area contributed by atoms with Crippen molar-refractivity contribution in [3.8, 4) is 0 Å². The standard InChI is InChI=1S/C12H14N4O2S/c1-18-11(17)8-6-7-9(16-4-2-3-5-16)14-12(13)15-10(7)19-8/h6H,2-5H2,1H3,(H2,13,14,15). The summed E-state index contributed by atoms with van der Waals surface area (Å²) in [4.78, 5) is 23.6. The molecule has 1 fully saturated rings. The third-order valence-electron chi connectivity index (χ3n) is 3.18. The number of rotatable bonds is 2. The molecular weight excluding hydrogens is 264 g/mol. The van der Waals surface area contributed by atoms with Crippen LogP contribution in [0.25, 0.3) is 10.2 Å². The second kappa shape index (κ2) is 4.65. The highest BCUT2D eigenvalue weighted by molar-refractivity contribution is 7.20. The van der Waals surface area contributed by atoms with Crippen molar-refractivity contribution in [2.45, 2.75) is 12.8 Å². The lowest BCUT2D eigenvalue weighted by Crippen LogP contribution is -2.19. The van der Waals surface area contributed by atoms with Gasteiger partial charge in [-0.2, -0.15) is 4.98 Å². The number of anilines is 2. The number of carbonyl (C=O) groups is 1. The van der Waals surface area contributed by atoms with Crippen LogP contribution in [0.3, 0.4) is 0 Å². The average Bonchev–Trinajstić information content (AvgIpc) is 3.05. The van der Waals surface area contributed by atoms with Gasteiger partial charge in [0.05, 0.1) is 12.5 Å². The predicted octanol–water partition coefficient (Wildman–Crippen LogP) is 1.66. The lowest BCUT2D eigenvalue weighted by molar-refractivity contribution is 0.0606. The highest BCUT2D eigenvalue weighted by atomic mass is 32.1. The number of fused-ring (bicyclic) bond motifs is 1. The van der Waals surface area contributed by atoms with E-state index in [2.05, 4.69) is 14.9 Å². The monoisotopic (exact) mass is 278 g/mol. The summed E-state index contributed by atoms with van der Waals surface area (Å²) in [5, 5.41) is 0.876. The lowest BCUT2D eigenvalue weighted by atomic mass is 10.3. The Morgan fingerprint density at radius 1 is 1.42 bits per heavy atom. The molecule has 0 unspecified atom stereocenters. The third kappa shape index (κ3) is 2.10. The fourth-order valence-corrected chi connectivity index (χ4v) is 3.24. The number of hydrogen-bond acceptors (Lipinski definition) is 7. The summed E-state index contributed by atoms with van der Waals surface area (Å²) in [5.74, 6) is 0.716. The van der Waals surface area contributed by atoms with Gasteiger partial charge in [0.25, 0.3) is 0 Å². The molecule has 1 saturated heterocycles. The van der Waals surface area contributed by atoms with Gasteiger partial charge in [-0.15, -0.1) is 11.3 Å². The van der Waals surface area contributed by atoms with Crippen LogP contribution in [0.5, 0.6) is 0 Å². The van der Waals surface area contributed by atoms with E-state index in [1.807, 2.05) is 0 Å². The van der Waals surface area contributed by atoms with Gasteiger partial charge in [-0.05, 0) is 18.9 Å². The van der Waals surface area contributed by atoms with Gasteiger partial charge in [-0.3, -0.25) is 0 Å². The van der Waals surface area contributed by atoms with Gasteiger partial charge in [0.1, 0.15) is 15.5 Å². The molecule has 2 N–H and O–H groups in total. The van der Waals surface area contributed by atoms with Crippen LogP contribution in [-0.4, -0.2) is 36.1 Å². The summed E-state index contributed by atoms with van der Waals surface area (Å²) >= 11 is 1.28. The maximum absolute atomic E-state index is 11.6. The highest BCUT2D eigenvalue weighted by Crippen LogP contribution is 2.33. The van der Waals surface area contributed by atoms with E-state index in [-0.39, 0.29) is 11.9 Å². The normalized spacial score (nSPS) is 15.1. The van der Waals surface area contributed by atoms with E-state index in [0.717, 1.165) is 42.0 Å². The van der Waals surface area contributed by atoms with Gasteiger partial charge in [0.2, 0.25) is 5.95 Å². The molecule has 2 aromatic heterocycles. The Labute approximate surface area is 114 Å². The summed E-state index contributed by atoms with van der Waals surface area (Å²) in [5.41, 5.74) is 5.75. The number of nitrogen functional groups attached to an aromatic ring is 1. The van der Waals surface area contributed by atoms with Crippen molar-refractivity contribution < 1.29 is 9.53 Å². The summed E-state index contributed by atoms with van der Waals surface area (Å²) in [6, 6.07) is 1.79. The zero-order valence-electron chi connectivity index (χ0n) is 10.5. The molecule has 0 bridgehead atoms. The Balaban J connectivity index is 2.14. The van der Waals surface area contributed by atoms with E-state index in [4.69, 9.17) is 10.5 Å². The summed E-state index contributed by atoms with van der Waals surface area (Å²) in [7, 11) is 1.37. The van der Waals surface area contributed by atoms with Crippen molar-refractivity contribution in [2.75, 3.05) is 30.8 Å². The van der Waals surface area contributed by atoms with E-state index < -0.39 is 0 Å². The van der Waals surface area contributed by atoms with Crippen LogP contribution in [0, 0.1) is 0 Å². The zero-order chi connectivity index (χ0) is 13.4. The van der Waals surface area contributed by atoms with Crippen molar-refractivity contribution in [2.24, 2.45) is 0 Å². The van der Waals surface area contributed by atoms with Crippen LogP contribution >= 0.6 is 11.3 Å². The van der Waals surface area contributed by atoms with Gasteiger partial charge >= 0.3 is 5.97 Å². The fraction of sp³-hybridized carbons (Fsp3) is 0.417. The Morgan fingerprint density at radius 2 is 2.16 bits per heavy atom. The zero-order valence-corrected chi connectivity index (χ0v) is 11.4. The summed E-state index contributed by atoms with van der Waals surface area (Å²) < 4.78 is 4.74. The van der Waals surface area contributed by atoms with Crippen LogP contribution in [0.2, 0.25) is 0 Å². The number of esters is 1. The quantitative estimate of drug-likeness (QED) is 0.841. The SMILES string of the molecule is COC(=O)c1cc2c(N3CCCC3)nc(N)nc2s1. The highest BCUT2D eigenvalue weighted by Gasteiger charge is 2.21. The number of methoxy groups -OCH3 is 1. The first-order valence-electron chi connectivity index (χ1n) is 6.09. The molecule has 6 nitrogen and oxygen atoms in total. The van der Waals surface area contributed by atoms with E-state index in [1.165, 1.54) is 18.4 Å². The molecule has 2 aromatic rings. The number of ether oxygens (including phenoxy) is 1. The second-order valence-corrected chi connectivity index (χ2v) is 5.45. The van der Waals surface area contributed by atoms with Gasteiger partial charge in [-0.25, -0.2) is 9.78 Å². The number of hydrogen-bond donors (Lipinski definition) is 1. The topological polar surface area (TPSA) is 81.3 Å². The van der Waals surface area contributed by atoms with E-state index in [1.54, 1.807) is 6.07 Å². The molecule has 0 aliphatic carbocycles. The maximum atomic E-state index is 11.6. The Kier molecular flexibility index (Phi) is 2.98.